The third kappa shape index (κ3) is 63.1. The number of unbranched alkanes of at least 4 members (excludes halogenated alkanes) is 33. The van der Waals surface area contributed by atoms with E-state index in [1.165, 1.54) is 193 Å². The fourth-order valence-electron chi connectivity index (χ4n) is 5.83. The first-order chi connectivity index (χ1) is 22.2. The van der Waals surface area contributed by atoms with Gasteiger partial charge in [0, 0.05) is 0 Å². The summed E-state index contributed by atoms with van der Waals surface area (Å²) in [5.41, 5.74) is 0. The van der Waals surface area contributed by atoms with E-state index in [2.05, 4.69) is 20.8 Å². The smallest absolute Gasteiger partial charge is 0.854 e. The monoisotopic (exact) mass is 667 g/mol. The standard InChI is InChI=1S/3C14H29O.Al/c3*1-2-3-4-5-6-7-8-9-10-11-12-13-14-15;/h3*2-14H2,1H3;/q3*-1;+3. The van der Waals surface area contributed by atoms with Crippen molar-refractivity contribution in [2.45, 2.75) is 252 Å². The van der Waals surface area contributed by atoms with Crippen LogP contribution in [-0.4, -0.2) is 37.2 Å². The van der Waals surface area contributed by atoms with Crippen LogP contribution >= 0.6 is 0 Å². The van der Waals surface area contributed by atoms with Crippen LogP contribution < -0.4 is 15.3 Å². The van der Waals surface area contributed by atoms with E-state index < -0.39 is 0 Å². The summed E-state index contributed by atoms with van der Waals surface area (Å²) in [6, 6.07) is 0. The summed E-state index contributed by atoms with van der Waals surface area (Å²) in [6.07, 6.45) is 47.8. The van der Waals surface area contributed by atoms with Crippen LogP contribution in [0, 0.1) is 0 Å². The molecule has 0 aliphatic carbocycles. The molecule has 0 aromatic rings. The minimum Gasteiger partial charge on any atom is -0.854 e. The van der Waals surface area contributed by atoms with E-state index in [1.54, 1.807) is 0 Å². The zero-order chi connectivity index (χ0) is 33.6. The van der Waals surface area contributed by atoms with Crippen molar-refractivity contribution < 1.29 is 15.3 Å². The van der Waals surface area contributed by atoms with Crippen LogP contribution in [0.3, 0.4) is 0 Å². The van der Waals surface area contributed by atoms with Gasteiger partial charge in [-0.25, -0.2) is 0 Å². The van der Waals surface area contributed by atoms with E-state index in [0.29, 0.717) is 0 Å². The van der Waals surface area contributed by atoms with Gasteiger partial charge in [-0.05, 0) is 0 Å². The second kappa shape index (κ2) is 57.7. The fraction of sp³-hybridized carbons (Fsp3) is 1.00. The van der Waals surface area contributed by atoms with E-state index in [-0.39, 0.29) is 37.2 Å². The molecule has 46 heavy (non-hydrogen) atoms. The minimum atomic E-state index is 0. The SMILES string of the molecule is CCCCCCCCCCCCCC[O-].CCCCCCCCCCCCCC[O-].CCCCCCCCCCCCCC[O-].[Al+3]. The molecule has 0 bridgehead atoms. The second-order valence-corrected chi connectivity index (χ2v) is 13.8. The number of hydrogen-bond donors (Lipinski definition) is 0. The molecule has 0 aromatic heterocycles. The van der Waals surface area contributed by atoms with E-state index in [1.807, 2.05) is 0 Å². The molecule has 0 N–H and O–H groups in total. The second-order valence-electron chi connectivity index (χ2n) is 13.8. The van der Waals surface area contributed by atoms with Gasteiger partial charge in [-0.3, -0.25) is 0 Å². The summed E-state index contributed by atoms with van der Waals surface area (Å²) in [5.74, 6) is 0. The molecule has 3 nitrogen and oxygen atoms in total. The zero-order valence-corrected chi connectivity index (χ0v) is 33.5. The minimum absolute atomic E-state index is 0. The Morgan fingerprint density at radius 2 is 0.304 bits per heavy atom. The molecule has 4 heteroatoms. The topological polar surface area (TPSA) is 69.2 Å². The van der Waals surface area contributed by atoms with Gasteiger partial charge in [0.15, 0.2) is 0 Å². The molecule has 0 fully saturated rings. The molecular weight excluding hydrogens is 579 g/mol. The van der Waals surface area contributed by atoms with Gasteiger partial charge in [0.2, 0.25) is 0 Å². The van der Waals surface area contributed by atoms with Crippen LogP contribution in [0.5, 0.6) is 0 Å². The van der Waals surface area contributed by atoms with Crippen LogP contribution in [0.15, 0.2) is 0 Å². The molecule has 0 unspecified atom stereocenters. The van der Waals surface area contributed by atoms with Crippen molar-refractivity contribution in [1.82, 2.24) is 0 Å². The van der Waals surface area contributed by atoms with Crippen molar-refractivity contribution in [3.05, 3.63) is 0 Å². The van der Waals surface area contributed by atoms with Crippen molar-refractivity contribution in [3.63, 3.8) is 0 Å². The van der Waals surface area contributed by atoms with Crippen molar-refractivity contribution in [3.8, 4) is 0 Å². The van der Waals surface area contributed by atoms with Gasteiger partial charge in [-0.1, -0.05) is 252 Å². The van der Waals surface area contributed by atoms with E-state index in [0.717, 1.165) is 38.5 Å². The van der Waals surface area contributed by atoms with E-state index in [4.69, 9.17) is 0 Å². The van der Waals surface area contributed by atoms with Gasteiger partial charge < -0.3 is 15.3 Å². The van der Waals surface area contributed by atoms with Crippen LogP contribution in [-0.2, 0) is 0 Å². The van der Waals surface area contributed by atoms with Crippen LogP contribution in [0.2, 0.25) is 0 Å². The number of hydrogen-bond acceptors (Lipinski definition) is 3. The molecule has 0 spiro atoms. The Morgan fingerprint density at radius 3 is 0.413 bits per heavy atom. The molecule has 0 aliphatic rings. The van der Waals surface area contributed by atoms with Gasteiger partial charge in [-0.2, -0.15) is 0 Å². The first kappa shape index (κ1) is 53.2. The van der Waals surface area contributed by atoms with Crippen LogP contribution in [0.25, 0.3) is 0 Å². The average Bonchev–Trinajstić information content (AvgIpc) is 3.06. The average molecular weight is 667 g/mol. The molecule has 0 radical (unpaired) electrons. The molecule has 0 amide bonds. The van der Waals surface area contributed by atoms with Crippen molar-refractivity contribution in [2.24, 2.45) is 0 Å². The quantitative estimate of drug-likeness (QED) is 0.0493. The molecule has 276 valence electrons. The van der Waals surface area contributed by atoms with Crippen LogP contribution in [0.4, 0.5) is 0 Å². The summed E-state index contributed by atoms with van der Waals surface area (Å²) in [6.45, 7) is 7.16. The molecule has 0 rings (SSSR count). The molecule has 0 aliphatic heterocycles. The predicted octanol–water partition coefficient (Wildman–Crippen LogP) is 11.8. The molecule has 0 heterocycles. The summed E-state index contributed by atoms with van der Waals surface area (Å²) in [5, 5.41) is 30.6. The Morgan fingerprint density at radius 1 is 0.196 bits per heavy atom. The fourth-order valence-corrected chi connectivity index (χ4v) is 5.83. The summed E-state index contributed by atoms with van der Waals surface area (Å²) in [4.78, 5) is 0. The van der Waals surface area contributed by atoms with Crippen LogP contribution in [0.1, 0.15) is 252 Å². The summed E-state index contributed by atoms with van der Waals surface area (Å²) < 4.78 is 0. The van der Waals surface area contributed by atoms with Crippen molar-refractivity contribution >= 4 is 17.4 Å². The predicted molar refractivity (Wildman–Crippen MR) is 204 cm³/mol. The van der Waals surface area contributed by atoms with Gasteiger partial charge in [0.05, 0.1) is 0 Å². The van der Waals surface area contributed by atoms with E-state index >= 15 is 0 Å². The Balaban J connectivity index is -0.000000285. The van der Waals surface area contributed by atoms with Gasteiger partial charge >= 0.3 is 17.4 Å². The maximum Gasteiger partial charge on any atom is 3.00 e. The van der Waals surface area contributed by atoms with Gasteiger partial charge in [0.1, 0.15) is 0 Å². The molecule has 0 saturated carbocycles. The van der Waals surface area contributed by atoms with Gasteiger partial charge in [-0.15, -0.1) is 19.8 Å². The third-order valence-electron chi connectivity index (χ3n) is 8.99. The Hall–Kier alpha value is 0.412. The first-order valence-electron chi connectivity index (χ1n) is 21.0. The Kier molecular flexibility index (Phi) is 66.7. The Labute approximate surface area is 303 Å². The third-order valence-corrected chi connectivity index (χ3v) is 8.99. The molecule has 0 saturated heterocycles. The first-order valence-corrected chi connectivity index (χ1v) is 21.0. The largest absolute Gasteiger partial charge is 3.00 e. The van der Waals surface area contributed by atoms with Crippen molar-refractivity contribution in [1.29, 1.82) is 0 Å². The molecular formula is C42H87AlO3. The maximum absolute atomic E-state index is 10.2. The van der Waals surface area contributed by atoms with Crippen molar-refractivity contribution in [2.75, 3.05) is 19.8 Å². The summed E-state index contributed by atoms with van der Waals surface area (Å²) in [7, 11) is 0. The molecule has 0 atom stereocenters. The maximum atomic E-state index is 10.2. The van der Waals surface area contributed by atoms with E-state index in [9.17, 15) is 15.3 Å². The Bertz CT molecular complexity index is 337. The zero-order valence-electron chi connectivity index (χ0n) is 32.4. The normalized spacial score (nSPS) is 10.6. The molecule has 0 aromatic carbocycles. The van der Waals surface area contributed by atoms with Gasteiger partial charge in [0.25, 0.3) is 0 Å². The number of rotatable bonds is 36. The summed E-state index contributed by atoms with van der Waals surface area (Å²) >= 11 is 0.